The van der Waals surface area contributed by atoms with Gasteiger partial charge in [-0.15, -0.1) is 0 Å². The van der Waals surface area contributed by atoms with Crippen LogP contribution in [0.15, 0.2) is 18.3 Å². The lowest BCUT2D eigenvalue weighted by atomic mass is 9.93. The molecule has 1 fully saturated rings. The van der Waals surface area contributed by atoms with Crippen LogP contribution >= 0.6 is 0 Å². The lowest BCUT2D eigenvalue weighted by molar-refractivity contribution is -0.121. The minimum Gasteiger partial charge on any atom is -0.373 e. The minimum absolute atomic E-state index is 0.127. The SMILES string of the molecule is Cc1nn(C)c(C)c1[C@H]1OCC[C@@H]1C(=O)Nc1ccc(C#N)cn1. The molecule has 7 nitrogen and oxygen atoms in total. The molecule has 1 N–H and O–H groups in total. The zero-order chi connectivity index (χ0) is 17.3. The maximum absolute atomic E-state index is 12.7. The van der Waals surface area contributed by atoms with Gasteiger partial charge in [-0.3, -0.25) is 9.48 Å². The summed E-state index contributed by atoms with van der Waals surface area (Å²) in [6.45, 7) is 4.45. The third kappa shape index (κ3) is 2.88. The smallest absolute Gasteiger partial charge is 0.231 e. The molecule has 0 bridgehead atoms. The number of pyridine rings is 1. The molecular weight excluding hydrogens is 306 g/mol. The number of hydrogen-bond acceptors (Lipinski definition) is 5. The van der Waals surface area contributed by atoms with E-state index in [1.165, 1.54) is 6.20 Å². The van der Waals surface area contributed by atoms with Crippen molar-refractivity contribution in [1.29, 1.82) is 5.26 Å². The van der Waals surface area contributed by atoms with Crippen LogP contribution < -0.4 is 5.32 Å². The fraction of sp³-hybridized carbons (Fsp3) is 0.412. The molecule has 1 aliphatic rings. The topological polar surface area (TPSA) is 92.8 Å². The Labute approximate surface area is 140 Å². The molecule has 1 aliphatic heterocycles. The summed E-state index contributed by atoms with van der Waals surface area (Å²) in [5.41, 5.74) is 3.34. The van der Waals surface area contributed by atoms with E-state index in [0.717, 1.165) is 17.0 Å². The number of ether oxygens (including phenoxy) is 1. The number of rotatable bonds is 3. The molecule has 1 amide bonds. The average molecular weight is 325 g/mol. The molecule has 3 heterocycles. The number of nitrogens with zero attached hydrogens (tertiary/aromatic N) is 4. The molecule has 1 saturated heterocycles. The van der Waals surface area contributed by atoms with Gasteiger partial charge in [0.2, 0.25) is 5.91 Å². The van der Waals surface area contributed by atoms with E-state index in [2.05, 4.69) is 15.4 Å². The van der Waals surface area contributed by atoms with Gasteiger partial charge >= 0.3 is 0 Å². The van der Waals surface area contributed by atoms with Crippen molar-refractivity contribution >= 4 is 11.7 Å². The maximum Gasteiger partial charge on any atom is 0.231 e. The third-order valence-corrected chi connectivity index (χ3v) is 4.42. The van der Waals surface area contributed by atoms with Crippen molar-refractivity contribution < 1.29 is 9.53 Å². The van der Waals surface area contributed by atoms with Gasteiger partial charge in [0, 0.05) is 31.1 Å². The molecule has 0 radical (unpaired) electrons. The molecule has 0 aromatic carbocycles. The molecule has 124 valence electrons. The Bertz CT molecular complexity index is 804. The first-order valence-corrected chi connectivity index (χ1v) is 7.80. The fourth-order valence-corrected chi connectivity index (χ4v) is 3.10. The summed E-state index contributed by atoms with van der Waals surface area (Å²) in [6, 6.07) is 5.25. The second-order valence-corrected chi connectivity index (χ2v) is 5.93. The van der Waals surface area contributed by atoms with Gasteiger partial charge in [0.15, 0.2) is 0 Å². The van der Waals surface area contributed by atoms with Crippen LogP contribution in [0.3, 0.4) is 0 Å². The summed E-state index contributed by atoms with van der Waals surface area (Å²) in [6.07, 6.45) is 1.80. The molecule has 7 heteroatoms. The molecule has 2 atom stereocenters. The normalized spacial score (nSPS) is 19.9. The van der Waals surface area contributed by atoms with E-state index in [4.69, 9.17) is 10.00 Å². The van der Waals surface area contributed by atoms with E-state index in [0.29, 0.717) is 24.4 Å². The number of aryl methyl sites for hydroxylation is 2. The van der Waals surface area contributed by atoms with Crippen molar-refractivity contribution in [3.05, 3.63) is 40.8 Å². The van der Waals surface area contributed by atoms with Crippen molar-refractivity contribution in [3.63, 3.8) is 0 Å². The third-order valence-electron chi connectivity index (χ3n) is 4.42. The second-order valence-electron chi connectivity index (χ2n) is 5.93. The van der Waals surface area contributed by atoms with E-state index in [9.17, 15) is 4.79 Å². The van der Waals surface area contributed by atoms with Crippen LogP contribution in [0, 0.1) is 31.1 Å². The highest BCUT2D eigenvalue weighted by Gasteiger charge is 2.38. The standard InChI is InChI=1S/C17H19N5O2/c1-10-15(11(2)22(3)21-10)16-13(6-7-24-16)17(23)20-14-5-4-12(8-18)9-19-14/h4-5,9,13,16H,6-7H2,1-3H3,(H,19,20,23)/t13-,16-/m0/s1. The first-order valence-electron chi connectivity index (χ1n) is 7.80. The molecule has 0 saturated carbocycles. The zero-order valence-corrected chi connectivity index (χ0v) is 13.9. The van der Waals surface area contributed by atoms with Crippen molar-refractivity contribution in [2.75, 3.05) is 11.9 Å². The van der Waals surface area contributed by atoms with Gasteiger partial charge in [-0.05, 0) is 32.4 Å². The maximum atomic E-state index is 12.7. The van der Waals surface area contributed by atoms with Gasteiger partial charge in [0.25, 0.3) is 0 Å². The Morgan fingerprint density at radius 1 is 1.46 bits per heavy atom. The minimum atomic E-state index is -0.294. The summed E-state index contributed by atoms with van der Waals surface area (Å²) in [5, 5.41) is 16.0. The Balaban J connectivity index is 1.79. The summed E-state index contributed by atoms with van der Waals surface area (Å²) in [5.74, 6) is 0.0192. The highest BCUT2D eigenvalue weighted by atomic mass is 16.5. The largest absolute Gasteiger partial charge is 0.373 e. The number of amides is 1. The number of nitrogens with one attached hydrogen (secondary N) is 1. The molecule has 3 rings (SSSR count). The monoisotopic (exact) mass is 325 g/mol. The summed E-state index contributed by atoms with van der Waals surface area (Å²) in [7, 11) is 1.89. The second kappa shape index (κ2) is 6.42. The van der Waals surface area contributed by atoms with Gasteiger partial charge in [-0.25, -0.2) is 4.98 Å². The quantitative estimate of drug-likeness (QED) is 0.932. The first kappa shape index (κ1) is 16.1. The lowest BCUT2D eigenvalue weighted by Crippen LogP contribution is -2.26. The van der Waals surface area contributed by atoms with Gasteiger partial charge in [0.05, 0.1) is 23.3 Å². The van der Waals surface area contributed by atoms with Gasteiger partial charge in [-0.2, -0.15) is 10.4 Å². The predicted molar refractivity (Wildman–Crippen MR) is 87.1 cm³/mol. The van der Waals surface area contributed by atoms with Crippen LogP contribution in [0.25, 0.3) is 0 Å². The first-order chi connectivity index (χ1) is 11.5. The number of nitriles is 1. The highest BCUT2D eigenvalue weighted by molar-refractivity contribution is 5.92. The van der Waals surface area contributed by atoms with Crippen molar-refractivity contribution in [3.8, 4) is 6.07 Å². The molecule has 0 spiro atoms. The van der Waals surface area contributed by atoms with Crippen LogP contribution in [0.4, 0.5) is 5.82 Å². The average Bonchev–Trinajstić information content (AvgIpc) is 3.13. The Hall–Kier alpha value is -2.72. The van der Waals surface area contributed by atoms with Crippen LogP contribution in [0.1, 0.15) is 35.0 Å². The molecule has 2 aromatic heterocycles. The Kier molecular flexibility index (Phi) is 4.32. The van der Waals surface area contributed by atoms with Gasteiger partial charge < -0.3 is 10.1 Å². The Morgan fingerprint density at radius 3 is 2.83 bits per heavy atom. The summed E-state index contributed by atoms with van der Waals surface area (Å²) >= 11 is 0. The van der Waals surface area contributed by atoms with Crippen molar-refractivity contribution in [2.24, 2.45) is 13.0 Å². The predicted octanol–water partition coefficient (Wildman–Crippen LogP) is 2.02. The molecule has 2 aromatic rings. The number of carbonyl (C=O) groups is 1. The fourth-order valence-electron chi connectivity index (χ4n) is 3.10. The highest BCUT2D eigenvalue weighted by Crippen LogP contribution is 2.38. The number of hydrogen-bond donors (Lipinski definition) is 1. The number of anilines is 1. The summed E-state index contributed by atoms with van der Waals surface area (Å²) < 4.78 is 7.65. The van der Waals surface area contributed by atoms with E-state index >= 15 is 0 Å². The number of aromatic nitrogens is 3. The van der Waals surface area contributed by atoms with E-state index in [1.54, 1.807) is 12.1 Å². The molecule has 0 unspecified atom stereocenters. The van der Waals surface area contributed by atoms with Gasteiger partial charge in [-0.1, -0.05) is 0 Å². The Morgan fingerprint density at radius 2 is 2.25 bits per heavy atom. The van der Waals surface area contributed by atoms with Gasteiger partial charge in [0.1, 0.15) is 11.9 Å². The van der Waals surface area contributed by atoms with Crippen molar-refractivity contribution in [1.82, 2.24) is 14.8 Å². The summed E-state index contributed by atoms with van der Waals surface area (Å²) in [4.78, 5) is 16.7. The van der Waals surface area contributed by atoms with E-state index < -0.39 is 0 Å². The van der Waals surface area contributed by atoms with Crippen molar-refractivity contribution in [2.45, 2.75) is 26.4 Å². The zero-order valence-electron chi connectivity index (χ0n) is 13.9. The molecular formula is C17H19N5O2. The van der Waals surface area contributed by atoms with E-state index in [1.807, 2.05) is 31.6 Å². The molecule has 24 heavy (non-hydrogen) atoms. The number of carbonyl (C=O) groups excluding carboxylic acids is 1. The van der Waals surface area contributed by atoms with E-state index in [-0.39, 0.29) is 17.9 Å². The van der Waals surface area contributed by atoms with Crippen LogP contribution in [-0.2, 0) is 16.6 Å². The van der Waals surface area contributed by atoms with Crippen LogP contribution in [0.5, 0.6) is 0 Å². The van der Waals surface area contributed by atoms with Crippen LogP contribution in [0.2, 0.25) is 0 Å². The van der Waals surface area contributed by atoms with Crippen LogP contribution in [-0.4, -0.2) is 27.3 Å². The molecule has 0 aliphatic carbocycles. The lowest BCUT2D eigenvalue weighted by Gasteiger charge is -2.18.